The predicted octanol–water partition coefficient (Wildman–Crippen LogP) is 0.628. The van der Waals surface area contributed by atoms with Crippen LogP contribution in [-0.4, -0.2) is 43.1 Å². The molecule has 2 rings (SSSR count). The first kappa shape index (κ1) is 12.8. The Balaban J connectivity index is 2.11. The molecule has 1 aromatic heterocycles. The summed E-state index contributed by atoms with van der Waals surface area (Å²) in [5.41, 5.74) is 1.53. The van der Waals surface area contributed by atoms with Crippen LogP contribution in [0.15, 0.2) is 18.3 Å². The SMILES string of the molecule is CNC(=O)c1ccc(N2C[C@@H](C)N[C@@H](C)C2)cn1. The van der Waals surface area contributed by atoms with Crippen molar-refractivity contribution < 1.29 is 4.79 Å². The fourth-order valence-corrected chi connectivity index (χ4v) is 2.37. The Morgan fingerprint density at radius 1 is 1.39 bits per heavy atom. The third kappa shape index (κ3) is 2.79. The molecule has 5 heteroatoms. The lowest BCUT2D eigenvalue weighted by molar-refractivity contribution is 0.0958. The molecule has 1 aromatic rings. The fraction of sp³-hybridized carbons (Fsp3) is 0.538. The molecular formula is C13H20N4O. The van der Waals surface area contributed by atoms with E-state index in [2.05, 4.69) is 34.4 Å². The molecule has 2 atom stereocenters. The van der Waals surface area contributed by atoms with Crippen LogP contribution in [0.3, 0.4) is 0 Å². The zero-order valence-corrected chi connectivity index (χ0v) is 11.1. The minimum Gasteiger partial charge on any atom is -0.367 e. The number of hydrogen-bond acceptors (Lipinski definition) is 4. The lowest BCUT2D eigenvalue weighted by Gasteiger charge is -2.37. The average Bonchev–Trinajstić information content (AvgIpc) is 2.37. The number of nitrogens with one attached hydrogen (secondary N) is 2. The van der Waals surface area contributed by atoms with Crippen molar-refractivity contribution in [1.29, 1.82) is 0 Å². The van der Waals surface area contributed by atoms with Gasteiger partial charge in [-0.1, -0.05) is 0 Å². The highest BCUT2D eigenvalue weighted by Gasteiger charge is 2.21. The number of pyridine rings is 1. The molecule has 1 saturated heterocycles. The van der Waals surface area contributed by atoms with Crippen LogP contribution in [0.1, 0.15) is 24.3 Å². The average molecular weight is 248 g/mol. The highest BCUT2D eigenvalue weighted by molar-refractivity contribution is 5.92. The van der Waals surface area contributed by atoms with E-state index in [4.69, 9.17) is 0 Å². The lowest BCUT2D eigenvalue weighted by atomic mass is 10.1. The Labute approximate surface area is 108 Å². The molecule has 0 spiro atoms. The molecule has 1 fully saturated rings. The van der Waals surface area contributed by atoms with Gasteiger partial charge in [0.15, 0.2) is 0 Å². The van der Waals surface area contributed by atoms with Crippen molar-refractivity contribution in [3.63, 3.8) is 0 Å². The Morgan fingerprint density at radius 3 is 2.56 bits per heavy atom. The maximum absolute atomic E-state index is 11.4. The summed E-state index contributed by atoms with van der Waals surface area (Å²) in [5.74, 6) is -0.149. The molecule has 2 heterocycles. The fourth-order valence-electron chi connectivity index (χ4n) is 2.37. The number of aromatic nitrogens is 1. The molecule has 0 unspecified atom stereocenters. The number of nitrogens with zero attached hydrogens (tertiary/aromatic N) is 2. The first-order valence-corrected chi connectivity index (χ1v) is 6.29. The Morgan fingerprint density at radius 2 is 2.06 bits per heavy atom. The van der Waals surface area contributed by atoms with Gasteiger partial charge in [-0.3, -0.25) is 4.79 Å². The van der Waals surface area contributed by atoms with Gasteiger partial charge in [0.05, 0.1) is 11.9 Å². The zero-order chi connectivity index (χ0) is 13.1. The molecule has 98 valence electrons. The number of hydrogen-bond donors (Lipinski definition) is 2. The maximum Gasteiger partial charge on any atom is 0.269 e. The largest absolute Gasteiger partial charge is 0.367 e. The van der Waals surface area contributed by atoms with Crippen LogP contribution >= 0.6 is 0 Å². The molecule has 0 bridgehead atoms. The van der Waals surface area contributed by atoms with E-state index in [1.165, 1.54) is 0 Å². The van der Waals surface area contributed by atoms with Gasteiger partial charge >= 0.3 is 0 Å². The van der Waals surface area contributed by atoms with Gasteiger partial charge in [-0.15, -0.1) is 0 Å². The summed E-state index contributed by atoms with van der Waals surface area (Å²) in [6.45, 7) is 6.28. The number of anilines is 1. The summed E-state index contributed by atoms with van der Waals surface area (Å²) in [4.78, 5) is 17.9. The van der Waals surface area contributed by atoms with E-state index >= 15 is 0 Å². The van der Waals surface area contributed by atoms with Crippen LogP contribution in [0.5, 0.6) is 0 Å². The van der Waals surface area contributed by atoms with Crippen molar-refractivity contribution >= 4 is 11.6 Å². The van der Waals surface area contributed by atoms with Gasteiger partial charge in [-0.2, -0.15) is 0 Å². The maximum atomic E-state index is 11.4. The van der Waals surface area contributed by atoms with Crippen molar-refractivity contribution in [3.8, 4) is 0 Å². The summed E-state index contributed by atoms with van der Waals surface area (Å²) in [6, 6.07) is 4.66. The van der Waals surface area contributed by atoms with Crippen molar-refractivity contribution in [2.45, 2.75) is 25.9 Å². The zero-order valence-electron chi connectivity index (χ0n) is 11.1. The van der Waals surface area contributed by atoms with Crippen molar-refractivity contribution in [2.24, 2.45) is 0 Å². The molecule has 1 aliphatic rings. The second kappa shape index (κ2) is 5.35. The number of piperazine rings is 1. The topological polar surface area (TPSA) is 57.3 Å². The number of amides is 1. The van der Waals surface area contributed by atoms with E-state index in [1.54, 1.807) is 19.3 Å². The van der Waals surface area contributed by atoms with Gasteiger partial charge in [-0.05, 0) is 26.0 Å². The summed E-state index contributed by atoms with van der Waals surface area (Å²) in [7, 11) is 1.61. The van der Waals surface area contributed by atoms with Crippen molar-refractivity contribution in [1.82, 2.24) is 15.6 Å². The van der Waals surface area contributed by atoms with Crippen LogP contribution in [0.2, 0.25) is 0 Å². The van der Waals surface area contributed by atoms with Crippen LogP contribution in [0, 0.1) is 0 Å². The molecule has 1 aliphatic heterocycles. The van der Waals surface area contributed by atoms with E-state index < -0.39 is 0 Å². The standard InChI is InChI=1S/C13H20N4O/c1-9-7-17(8-10(2)16-9)11-4-5-12(15-6-11)13(18)14-3/h4-6,9-10,16H,7-8H2,1-3H3,(H,14,18)/t9-,10+. The summed E-state index contributed by atoms with van der Waals surface area (Å²) >= 11 is 0. The highest BCUT2D eigenvalue weighted by Crippen LogP contribution is 2.16. The van der Waals surface area contributed by atoms with E-state index in [0.29, 0.717) is 17.8 Å². The van der Waals surface area contributed by atoms with Crippen LogP contribution in [-0.2, 0) is 0 Å². The molecule has 0 radical (unpaired) electrons. The quantitative estimate of drug-likeness (QED) is 0.806. The van der Waals surface area contributed by atoms with E-state index in [1.807, 2.05) is 6.07 Å². The van der Waals surface area contributed by atoms with Gasteiger partial charge in [0.25, 0.3) is 5.91 Å². The molecule has 0 aromatic carbocycles. The van der Waals surface area contributed by atoms with E-state index in [0.717, 1.165) is 18.8 Å². The van der Waals surface area contributed by atoms with Gasteiger partial charge in [0.2, 0.25) is 0 Å². The Bertz CT molecular complexity index is 408. The third-order valence-corrected chi connectivity index (χ3v) is 3.13. The molecule has 2 N–H and O–H groups in total. The predicted molar refractivity (Wildman–Crippen MR) is 71.9 cm³/mol. The summed E-state index contributed by atoms with van der Waals surface area (Å²) in [6.07, 6.45) is 1.77. The molecule has 0 aliphatic carbocycles. The Kier molecular flexibility index (Phi) is 3.81. The monoisotopic (exact) mass is 248 g/mol. The lowest BCUT2D eigenvalue weighted by Crippen LogP contribution is -2.54. The van der Waals surface area contributed by atoms with Gasteiger partial charge in [0.1, 0.15) is 5.69 Å². The van der Waals surface area contributed by atoms with Crippen LogP contribution in [0.25, 0.3) is 0 Å². The molecule has 5 nitrogen and oxygen atoms in total. The van der Waals surface area contributed by atoms with Gasteiger partial charge < -0.3 is 15.5 Å². The number of carbonyl (C=O) groups excluding carboxylic acids is 1. The minimum atomic E-state index is -0.149. The second-order valence-corrected chi connectivity index (χ2v) is 4.85. The molecule has 0 saturated carbocycles. The number of carbonyl (C=O) groups is 1. The third-order valence-electron chi connectivity index (χ3n) is 3.13. The first-order chi connectivity index (χ1) is 8.60. The van der Waals surface area contributed by atoms with Crippen LogP contribution < -0.4 is 15.5 Å². The first-order valence-electron chi connectivity index (χ1n) is 6.29. The minimum absolute atomic E-state index is 0.149. The Hall–Kier alpha value is -1.62. The number of rotatable bonds is 2. The molecule has 18 heavy (non-hydrogen) atoms. The molecular weight excluding hydrogens is 228 g/mol. The highest BCUT2D eigenvalue weighted by atomic mass is 16.1. The van der Waals surface area contributed by atoms with Gasteiger partial charge in [-0.25, -0.2) is 4.98 Å². The summed E-state index contributed by atoms with van der Waals surface area (Å²) < 4.78 is 0. The van der Waals surface area contributed by atoms with Gasteiger partial charge in [0, 0.05) is 32.2 Å². The van der Waals surface area contributed by atoms with Crippen molar-refractivity contribution in [2.75, 3.05) is 25.0 Å². The summed E-state index contributed by atoms with van der Waals surface area (Å²) in [5, 5.41) is 6.06. The second-order valence-electron chi connectivity index (χ2n) is 4.85. The van der Waals surface area contributed by atoms with E-state index in [-0.39, 0.29) is 5.91 Å². The van der Waals surface area contributed by atoms with Crippen LogP contribution in [0.4, 0.5) is 5.69 Å². The van der Waals surface area contributed by atoms with E-state index in [9.17, 15) is 4.79 Å². The normalized spacial score (nSPS) is 23.8. The smallest absolute Gasteiger partial charge is 0.269 e. The van der Waals surface area contributed by atoms with Crippen molar-refractivity contribution in [3.05, 3.63) is 24.0 Å². The molecule has 1 amide bonds.